The molecule has 0 radical (unpaired) electrons. The zero-order chi connectivity index (χ0) is 9.07. The molecule has 1 nitrogen and oxygen atoms in total. The van der Waals surface area contributed by atoms with Crippen LogP contribution in [0.25, 0.3) is 0 Å². The zero-order valence-electron chi connectivity index (χ0n) is 8.10. The van der Waals surface area contributed by atoms with Crippen molar-refractivity contribution in [2.45, 2.75) is 40.2 Å². The molecule has 0 fully saturated rings. The molecule has 0 aliphatic rings. The maximum atomic E-state index is 9.91. The van der Waals surface area contributed by atoms with Gasteiger partial charge in [-0.3, -0.25) is 0 Å². The first kappa shape index (κ1) is 10.4. The Hall–Kier alpha value is -0.560. The summed E-state index contributed by atoms with van der Waals surface area (Å²) in [6.45, 7) is 9.57. The summed E-state index contributed by atoms with van der Waals surface area (Å²) in [6.07, 6.45) is 3.88. The average molecular weight is 154 g/mol. The van der Waals surface area contributed by atoms with Crippen LogP contribution in [0.2, 0.25) is 0 Å². The molecule has 0 spiro atoms. The molecular formula is C10H18O. The van der Waals surface area contributed by atoms with E-state index in [0.717, 1.165) is 11.1 Å². The van der Waals surface area contributed by atoms with Crippen molar-refractivity contribution < 1.29 is 5.11 Å². The maximum Gasteiger partial charge on any atom is 0.103 e. The van der Waals surface area contributed by atoms with Crippen LogP contribution in [0, 0.1) is 0 Å². The van der Waals surface area contributed by atoms with E-state index >= 15 is 0 Å². The van der Waals surface area contributed by atoms with Crippen LogP contribution in [0.3, 0.4) is 0 Å². The minimum Gasteiger partial charge on any atom is -0.381 e. The fourth-order valence-corrected chi connectivity index (χ4v) is 0.873. The van der Waals surface area contributed by atoms with E-state index in [0.29, 0.717) is 0 Å². The molecule has 0 rings (SSSR count). The lowest BCUT2D eigenvalue weighted by Gasteiger charge is -2.25. The normalized spacial score (nSPS) is 19.8. The molecule has 0 aliphatic carbocycles. The van der Waals surface area contributed by atoms with Crippen molar-refractivity contribution in [1.82, 2.24) is 0 Å². The number of allylic oxidation sites excluding steroid dienone is 2. The van der Waals surface area contributed by atoms with Crippen molar-refractivity contribution in [2.75, 3.05) is 0 Å². The van der Waals surface area contributed by atoms with Crippen LogP contribution in [0.5, 0.6) is 0 Å². The molecule has 11 heavy (non-hydrogen) atoms. The molecule has 64 valence electrons. The van der Waals surface area contributed by atoms with Crippen LogP contribution in [0.15, 0.2) is 23.3 Å². The molecule has 1 heteroatoms. The van der Waals surface area contributed by atoms with Crippen molar-refractivity contribution in [3.05, 3.63) is 23.3 Å². The van der Waals surface area contributed by atoms with Gasteiger partial charge in [-0.15, -0.1) is 0 Å². The molecule has 0 heterocycles. The summed E-state index contributed by atoms with van der Waals surface area (Å²) in [5.41, 5.74) is 1.23. The Bertz CT molecular complexity index is 165. The molecular weight excluding hydrogens is 136 g/mol. The maximum absolute atomic E-state index is 9.91. The van der Waals surface area contributed by atoms with Crippen molar-refractivity contribution >= 4 is 0 Å². The fourth-order valence-electron chi connectivity index (χ4n) is 0.873. The molecule has 0 aromatic carbocycles. The average Bonchev–Trinajstić information content (AvgIpc) is 2.01. The van der Waals surface area contributed by atoms with Crippen molar-refractivity contribution in [3.8, 4) is 0 Å². The second-order valence-electron chi connectivity index (χ2n) is 3.02. The molecule has 0 aromatic heterocycles. The third kappa shape index (κ3) is 2.19. The third-order valence-electron chi connectivity index (χ3n) is 2.40. The molecule has 0 atom stereocenters. The van der Waals surface area contributed by atoms with Crippen molar-refractivity contribution in [3.63, 3.8) is 0 Å². The summed E-state index contributed by atoms with van der Waals surface area (Å²) in [4.78, 5) is 0. The van der Waals surface area contributed by atoms with E-state index in [9.17, 15) is 5.11 Å². The first-order chi connectivity index (χ1) is 4.96. The number of hydrogen-bond donors (Lipinski definition) is 1. The van der Waals surface area contributed by atoms with Crippen LogP contribution in [0.1, 0.15) is 34.6 Å². The lowest BCUT2D eigenvalue weighted by atomic mass is 9.89. The van der Waals surface area contributed by atoms with E-state index in [1.165, 1.54) is 0 Å². The highest BCUT2D eigenvalue weighted by Gasteiger charge is 2.22. The monoisotopic (exact) mass is 154 g/mol. The molecule has 0 aliphatic heterocycles. The number of hydrogen-bond acceptors (Lipinski definition) is 1. The van der Waals surface area contributed by atoms with Crippen LogP contribution in [-0.2, 0) is 0 Å². The smallest absolute Gasteiger partial charge is 0.103 e. The minimum atomic E-state index is -0.760. The summed E-state index contributed by atoms with van der Waals surface area (Å²) < 4.78 is 0. The van der Waals surface area contributed by atoms with Crippen LogP contribution >= 0.6 is 0 Å². The van der Waals surface area contributed by atoms with Gasteiger partial charge in [0, 0.05) is 0 Å². The predicted octanol–water partition coefficient (Wildman–Crippen LogP) is 2.67. The first-order valence-corrected chi connectivity index (χ1v) is 3.96. The third-order valence-corrected chi connectivity index (χ3v) is 2.40. The Morgan fingerprint density at radius 1 is 1.09 bits per heavy atom. The van der Waals surface area contributed by atoms with E-state index < -0.39 is 5.60 Å². The number of rotatable bonds is 2. The molecule has 1 N–H and O–H groups in total. The second-order valence-corrected chi connectivity index (χ2v) is 3.02. The van der Waals surface area contributed by atoms with Crippen LogP contribution < -0.4 is 0 Å². The Morgan fingerprint density at radius 3 is 1.55 bits per heavy atom. The van der Waals surface area contributed by atoms with Gasteiger partial charge in [-0.25, -0.2) is 0 Å². The van der Waals surface area contributed by atoms with Gasteiger partial charge in [-0.05, 0) is 45.8 Å². The second kappa shape index (κ2) is 3.72. The Kier molecular flexibility index (Phi) is 3.53. The molecule has 0 unspecified atom stereocenters. The van der Waals surface area contributed by atoms with Gasteiger partial charge in [-0.2, -0.15) is 0 Å². The summed E-state index contributed by atoms with van der Waals surface area (Å²) >= 11 is 0. The van der Waals surface area contributed by atoms with Gasteiger partial charge < -0.3 is 5.11 Å². The lowest BCUT2D eigenvalue weighted by molar-refractivity contribution is 0.137. The molecule has 0 aromatic rings. The SMILES string of the molecule is C/C=C(/C)C(C)(O)/C(C)=C\C. The fraction of sp³-hybridized carbons (Fsp3) is 0.600. The molecule has 0 saturated carbocycles. The largest absolute Gasteiger partial charge is 0.381 e. The van der Waals surface area contributed by atoms with Crippen molar-refractivity contribution in [1.29, 1.82) is 0 Å². The Labute approximate surface area is 69.4 Å². The van der Waals surface area contributed by atoms with E-state index in [1.807, 2.05) is 46.8 Å². The predicted molar refractivity (Wildman–Crippen MR) is 49.5 cm³/mol. The summed E-state index contributed by atoms with van der Waals surface area (Å²) in [5, 5.41) is 9.91. The van der Waals surface area contributed by atoms with Gasteiger partial charge in [0.25, 0.3) is 0 Å². The van der Waals surface area contributed by atoms with Crippen LogP contribution in [0.4, 0.5) is 0 Å². The highest BCUT2D eigenvalue weighted by Crippen LogP contribution is 2.24. The van der Waals surface area contributed by atoms with Gasteiger partial charge in [-0.1, -0.05) is 12.2 Å². The summed E-state index contributed by atoms with van der Waals surface area (Å²) in [7, 11) is 0. The topological polar surface area (TPSA) is 20.2 Å². The van der Waals surface area contributed by atoms with E-state index in [-0.39, 0.29) is 0 Å². The summed E-state index contributed by atoms with van der Waals surface area (Å²) in [6, 6.07) is 0. The molecule has 0 saturated heterocycles. The Morgan fingerprint density at radius 2 is 1.36 bits per heavy atom. The minimum absolute atomic E-state index is 0.760. The van der Waals surface area contributed by atoms with Gasteiger partial charge in [0.1, 0.15) is 5.60 Å². The molecule has 0 bridgehead atoms. The summed E-state index contributed by atoms with van der Waals surface area (Å²) in [5.74, 6) is 0. The standard InChI is InChI=1S/C10H18O/c1-6-8(3)10(5,11)9(4)7-2/h6-7,11H,1-5H3/b8-6-,9-7-. The highest BCUT2D eigenvalue weighted by molar-refractivity contribution is 5.27. The van der Waals surface area contributed by atoms with E-state index in [1.54, 1.807) is 0 Å². The van der Waals surface area contributed by atoms with Gasteiger partial charge in [0.05, 0.1) is 0 Å². The zero-order valence-corrected chi connectivity index (χ0v) is 8.10. The van der Waals surface area contributed by atoms with E-state index in [4.69, 9.17) is 0 Å². The first-order valence-electron chi connectivity index (χ1n) is 3.96. The lowest BCUT2D eigenvalue weighted by Crippen LogP contribution is -2.26. The number of aliphatic hydroxyl groups is 1. The molecule has 0 amide bonds. The van der Waals surface area contributed by atoms with Crippen molar-refractivity contribution in [2.24, 2.45) is 0 Å². The van der Waals surface area contributed by atoms with Gasteiger partial charge >= 0.3 is 0 Å². The highest BCUT2D eigenvalue weighted by atomic mass is 16.3. The van der Waals surface area contributed by atoms with E-state index in [2.05, 4.69) is 0 Å². The Balaban J connectivity index is 4.73. The van der Waals surface area contributed by atoms with Gasteiger partial charge in [0.15, 0.2) is 0 Å². The van der Waals surface area contributed by atoms with Gasteiger partial charge in [0.2, 0.25) is 0 Å². The van der Waals surface area contributed by atoms with Crippen LogP contribution in [-0.4, -0.2) is 10.7 Å². The quantitative estimate of drug-likeness (QED) is 0.606.